The Morgan fingerprint density at radius 1 is 1.44 bits per heavy atom. The predicted octanol–water partition coefficient (Wildman–Crippen LogP) is 1.99. The van der Waals surface area contributed by atoms with E-state index in [-0.39, 0.29) is 13.1 Å². The Morgan fingerprint density at radius 2 is 2.06 bits per heavy atom. The molecule has 0 atom stereocenters. The van der Waals surface area contributed by atoms with Gasteiger partial charge >= 0.3 is 0 Å². The van der Waals surface area contributed by atoms with Gasteiger partial charge in [-0.15, -0.1) is 0 Å². The number of aryl methyl sites for hydroxylation is 1. The summed E-state index contributed by atoms with van der Waals surface area (Å²) in [6.07, 6.45) is 0. The Balaban J connectivity index is 2.00. The number of halogens is 2. The van der Waals surface area contributed by atoms with Gasteiger partial charge in [0.05, 0.1) is 24.5 Å². The van der Waals surface area contributed by atoms with Gasteiger partial charge < -0.3 is 0 Å². The summed E-state index contributed by atoms with van der Waals surface area (Å²) in [5.74, 6) is -2.11. The summed E-state index contributed by atoms with van der Waals surface area (Å²) >= 11 is 0. The van der Waals surface area contributed by atoms with Crippen molar-refractivity contribution in [2.75, 3.05) is 13.1 Å². The van der Waals surface area contributed by atoms with E-state index in [9.17, 15) is 8.78 Å². The molecule has 0 radical (unpaired) electrons. The lowest BCUT2D eigenvalue weighted by molar-refractivity contribution is -0.134. The van der Waals surface area contributed by atoms with Gasteiger partial charge in [-0.25, -0.2) is 8.78 Å². The fraction of sp³-hybridized carbons (Fsp3) is 0.727. The number of alkyl halides is 2. The van der Waals surface area contributed by atoms with E-state index in [0.29, 0.717) is 12.5 Å². The maximum absolute atomic E-state index is 12.7. The van der Waals surface area contributed by atoms with Crippen LogP contribution in [0.1, 0.15) is 31.2 Å². The molecular formula is C11H17F2N3. The van der Waals surface area contributed by atoms with Gasteiger partial charge in [-0.05, 0) is 12.0 Å². The zero-order valence-electron chi connectivity index (χ0n) is 9.87. The van der Waals surface area contributed by atoms with Crippen molar-refractivity contribution in [3.8, 4) is 0 Å². The van der Waals surface area contributed by atoms with E-state index in [4.69, 9.17) is 0 Å². The van der Waals surface area contributed by atoms with Gasteiger partial charge in [-0.2, -0.15) is 5.10 Å². The molecule has 1 aromatic rings. The third-order valence-electron chi connectivity index (χ3n) is 2.88. The summed E-state index contributed by atoms with van der Waals surface area (Å²) in [7, 11) is 1.86. The van der Waals surface area contributed by atoms with E-state index in [1.54, 1.807) is 9.58 Å². The highest BCUT2D eigenvalue weighted by atomic mass is 19.3. The number of rotatable bonds is 3. The van der Waals surface area contributed by atoms with Crippen molar-refractivity contribution in [3.63, 3.8) is 0 Å². The number of aromatic nitrogens is 2. The second-order valence-corrected chi connectivity index (χ2v) is 4.84. The molecule has 5 heteroatoms. The zero-order valence-corrected chi connectivity index (χ0v) is 9.87. The molecule has 0 saturated carbocycles. The lowest BCUT2D eigenvalue weighted by Gasteiger charge is -2.38. The zero-order chi connectivity index (χ0) is 11.9. The van der Waals surface area contributed by atoms with Crippen LogP contribution in [0.25, 0.3) is 0 Å². The summed E-state index contributed by atoms with van der Waals surface area (Å²) in [6, 6.07) is 2.00. The Hall–Kier alpha value is -0.970. The minimum atomic E-state index is -2.49. The molecule has 1 fully saturated rings. The van der Waals surface area contributed by atoms with E-state index in [1.165, 1.54) is 0 Å². The number of hydrogen-bond acceptors (Lipinski definition) is 2. The number of likely N-dealkylation sites (tertiary alicyclic amines) is 1. The largest absolute Gasteiger partial charge is 0.286 e. The maximum atomic E-state index is 12.7. The first-order chi connectivity index (χ1) is 7.37. The molecule has 1 saturated heterocycles. The highest BCUT2D eigenvalue weighted by Crippen LogP contribution is 2.28. The molecule has 1 aliphatic heterocycles. The van der Waals surface area contributed by atoms with Crippen LogP contribution >= 0.6 is 0 Å². The highest BCUT2D eigenvalue weighted by molar-refractivity contribution is 5.14. The van der Waals surface area contributed by atoms with Crippen LogP contribution in [0.4, 0.5) is 8.78 Å². The molecule has 0 amide bonds. The van der Waals surface area contributed by atoms with Gasteiger partial charge in [0, 0.05) is 13.6 Å². The van der Waals surface area contributed by atoms with Crippen LogP contribution in [-0.4, -0.2) is 33.7 Å². The fourth-order valence-corrected chi connectivity index (χ4v) is 1.91. The molecule has 0 N–H and O–H groups in total. The molecule has 2 rings (SSSR count). The average Bonchev–Trinajstić information content (AvgIpc) is 2.45. The van der Waals surface area contributed by atoms with E-state index in [2.05, 4.69) is 18.9 Å². The third kappa shape index (κ3) is 2.24. The molecule has 0 aromatic carbocycles. The molecule has 1 aliphatic rings. The molecule has 0 spiro atoms. The van der Waals surface area contributed by atoms with Crippen molar-refractivity contribution in [2.24, 2.45) is 7.05 Å². The summed E-state index contributed by atoms with van der Waals surface area (Å²) < 4.78 is 27.1. The molecule has 1 aromatic heterocycles. The molecule has 2 heterocycles. The second kappa shape index (κ2) is 3.80. The highest BCUT2D eigenvalue weighted by Gasteiger charge is 2.43. The third-order valence-corrected chi connectivity index (χ3v) is 2.88. The van der Waals surface area contributed by atoms with Crippen LogP contribution in [0.5, 0.6) is 0 Å². The molecule has 0 aliphatic carbocycles. The van der Waals surface area contributed by atoms with Crippen LogP contribution in [0.15, 0.2) is 6.07 Å². The van der Waals surface area contributed by atoms with E-state index in [1.807, 2.05) is 13.1 Å². The Morgan fingerprint density at radius 3 is 2.50 bits per heavy atom. The lowest BCUT2D eigenvalue weighted by Crippen LogP contribution is -2.55. The quantitative estimate of drug-likeness (QED) is 0.790. The monoisotopic (exact) mass is 229 g/mol. The van der Waals surface area contributed by atoms with Crippen molar-refractivity contribution in [1.82, 2.24) is 14.7 Å². The summed E-state index contributed by atoms with van der Waals surface area (Å²) in [6.45, 7) is 4.45. The lowest BCUT2D eigenvalue weighted by atomic mass is 10.1. The molecule has 0 unspecified atom stereocenters. The van der Waals surface area contributed by atoms with E-state index >= 15 is 0 Å². The SMILES string of the molecule is CC(C)c1cc(CN2CC(F)(F)C2)n(C)n1. The normalized spacial score (nSPS) is 20.1. The Kier molecular flexibility index (Phi) is 2.74. The first kappa shape index (κ1) is 11.5. The molecular weight excluding hydrogens is 212 g/mol. The fourth-order valence-electron chi connectivity index (χ4n) is 1.91. The first-order valence-corrected chi connectivity index (χ1v) is 5.50. The number of hydrogen-bond donors (Lipinski definition) is 0. The predicted molar refractivity (Wildman–Crippen MR) is 57.5 cm³/mol. The van der Waals surface area contributed by atoms with Crippen LogP contribution in [-0.2, 0) is 13.6 Å². The summed E-state index contributed by atoms with van der Waals surface area (Å²) in [5, 5.41) is 4.36. The van der Waals surface area contributed by atoms with Crippen LogP contribution in [0.3, 0.4) is 0 Å². The number of nitrogens with zero attached hydrogens (tertiary/aromatic N) is 3. The molecule has 16 heavy (non-hydrogen) atoms. The van der Waals surface area contributed by atoms with Crippen molar-refractivity contribution >= 4 is 0 Å². The maximum Gasteiger partial charge on any atom is 0.272 e. The Labute approximate surface area is 94.0 Å². The topological polar surface area (TPSA) is 21.1 Å². The van der Waals surface area contributed by atoms with Crippen molar-refractivity contribution in [2.45, 2.75) is 32.2 Å². The minimum Gasteiger partial charge on any atom is -0.286 e. The summed E-state index contributed by atoms with van der Waals surface area (Å²) in [4.78, 5) is 1.74. The van der Waals surface area contributed by atoms with E-state index in [0.717, 1.165) is 11.4 Å². The van der Waals surface area contributed by atoms with Gasteiger partial charge in [-0.1, -0.05) is 13.8 Å². The van der Waals surface area contributed by atoms with Gasteiger partial charge in [0.1, 0.15) is 0 Å². The van der Waals surface area contributed by atoms with E-state index < -0.39 is 5.92 Å². The van der Waals surface area contributed by atoms with Crippen molar-refractivity contribution < 1.29 is 8.78 Å². The molecule has 90 valence electrons. The van der Waals surface area contributed by atoms with Gasteiger partial charge in [0.25, 0.3) is 5.92 Å². The standard InChI is InChI=1S/C11H17F2N3/c1-8(2)10-4-9(15(3)14-10)5-16-6-11(12,13)7-16/h4,8H,5-7H2,1-3H3. The first-order valence-electron chi connectivity index (χ1n) is 5.50. The van der Waals surface area contributed by atoms with Crippen molar-refractivity contribution in [1.29, 1.82) is 0 Å². The van der Waals surface area contributed by atoms with Crippen molar-refractivity contribution in [3.05, 3.63) is 17.5 Å². The molecule has 0 bridgehead atoms. The average molecular weight is 229 g/mol. The van der Waals surface area contributed by atoms with Gasteiger partial charge in [0.15, 0.2) is 0 Å². The van der Waals surface area contributed by atoms with Gasteiger partial charge in [0.2, 0.25) is 0 Å². The van der Waals surface area contributed by atoms with Crippen LogP contribution in [0.2, 0.25) is 0 Å². The van der Waals surface area contributed by atoms with Crippen LogP contribution < -0.4 is 0 Å². The smallest absolute Gasteiger partial charge is 0.272 e. The Bertz CT molecular complexity index is 377. The van der Waals surface area contributed by atoms with Gasteiger partial charge in [-0.3, -0.25) is 9.58 Å². The minimum absolute atomic E-state index is 0.130. The summed E-state index contributed by atoms with van der Waals surface area (Å²) in [5.41, 5.74) is 2.02. The van der Waals surface area contributed by atoms with Crippen LogP contribution in [0, 0.1) is 0 Å². The molecule has 3 nitrogen and oxygen atoms in total. The second-order valence-electron chi connectivity index (χ2n) is 4.84.